The first-order valence-corrected chi connectivity index (χ1v) is 17.9. The monoisotopic (exact) mass is 890 g/mol. The van der Waals surface area contributed by atoms with Crippen LogP contribution < -0.4 is 28.7 Å². The van der Waals surface area contributed by atoms with Crippen molar-refractivity contribution < 1.29 is 80.4 Å². The molecule has 6 aromatic rings. The molecule has 284 valence electrons. The van der Waals surface area contributed by atoms with E-state index < -0.39 is 35.8 Å². The number of furan rings is 2. The zero-order valence-electron chi connectivity index (χ0n) is 29.4. The van der Waals surface area contributed by atoms with Gasteiger partial charge in [-0.05, 0) is 99.4 Å². The van der Waals surface area contributed by atoms with E-state index >= 15 is 0 Å². The fraction of sp³-hybridized carbons (Fsp3) is 0.158. The summed E-state index contributed by atoms with van der Waals surface area (Å²) in [6.45, 7) is 3.30. The van der Waals surface area contributed by atoms with Crippen molar-refractivity contribution in [1.29, 1.82) is 0 Å². The summed E-state index contributed by atoms with van der Waals surface area (Å²) in [6, 6.07) is 17.6. The Bertz CT molecular complexity index is 2470. The van der Waals surface area contributed by atoms with E-state index in [1.165, 1.54) is 58.3 Å². The number of rotatable bonds is 7. The molecule has 2 aliphatic rings. The van der Waals surface area contributed by atoms with Crippen molar-refractivity contribution in [3.8, 4) is 22.6 Å². The van der Waals surface area contributed by atoms with Gasteiger partial charge in [0, 0.05) is 43.0 Å². The second-order valence-corrected chi connectivity index (χ2v) is 13.5. The largest absolute Gasteiger partial charge is 1.00 e. The number of nitrogens with zero attached hydrogens (tertiary/aromatic N) is 2. The molecular weight excluding hydrogens is 865 g/mol. The minimum atomic E-state index is -1.16. The molecule has 8 rings (SSSR count). The summed E-state index contributed by atoms with van der Waals surface area (Å²) in [5.41, 5.74) is 3.01. The van der Waals surface area contributed by atoms with Gasteiger partial charge in [0.2, 0.25) is 0 Å². The van der Waals surface area contributed by atoms with Gasteiger partial charge in [0.05, 0.1) is 31.1 Å². The predicted octanol–water partition coefficient (Wildman–Crippen LogP) is 6.62. The molecule has 18 heteroatoms. The van der Waals surface area contributed by atoms with E-state index in [0.29, 0.717) is 73.1 Å². The maximum Gasteiger partial charge on any atom is 1.00 e. The van der Waals surface area contributed by atoms with Crippen LogP contribution in [0, 0.1) is 11.6 Å². The average Bonchev–Trinajstić information content (AvgIpc) is 3.93. The summed E-state index contributed by atoms with van der Waals surface area (Å²) in [4.78, 5) is 51.1. The number of carboxylic acids is 1. The van der Waals surface area contributed by atoms with E-state index in [2.05, 4.69) is 31.9 Å². The van der Waals surface area contributed by atoms with Crippen LogP contribution in [0.15, 0.2) is 90.6 Å². The second-order valence-electron chi connectivity index (χ2n) is 11.8. The van der Waals surface area contributed by atoms with Crippen LogP contribution in [0.2, 0.25) is 0 Å². The number of aromatic carboxylic acids is 1. The van der Waals surface area contributed by atoms with Crippen LogP contribution in [0.1, 0.15) is 27.6 Å². The fourth-order valence-corrected chi connectivity index (χ4v) is 7.19. The number of benzene rings is 4. The molecule has 0 radical (unpaired) electrons. The Labute approximate surface area is 344 Å². The van der Waals surface area contributed by atoms with Crippen molar-refractivity contribution in [2.75, 3.05) is 42.7 Å². The third-order valence-electron chi connectivity index (χ3n) is 8.52. The van der Waals surface area contributed by atoms with Crippen molar-refractivity contribution in [2.24, 2.45) is 0 Å². The molecule has 4 aromatic carbocycles. The van der Waals surface area contributed by atoms with Crippen molar-refractivity contribution in [2.45, 2.75) is 6.92 Å². The molecule has 2 aliphatic heterocycles. The summed E-state index contributed by atoms with van der Waals surface area (Å²) in [7, 11) is 0. The van der Waals surface area contributed by atoms with E-state index in [-0.39, 0.29) is 60.2 Å². The number of carboxylic acid groups (broad SMARTS) is 1. The first-order chi connectivity index (χ1) is 25.9. The number of esters is 1. The van der Waals surface area contributed by atoms with Crippen molar-refractivity contribution in [3.63, 3.8) is 0 Å². The first kappa shape index (κ1) is 42.0. The van der Waals surface area contributed by atoms with Crippen LogP contribution in [0.25, 0.3) is 44.6 Å². The molecule has 2 fully saturated rings. The topological polar surface area (TPSA) is 179 Å². The zero-order chi connectivity index (χ0) is 38.3. The molecule has 0 atom stereocenters. The molecule has 0 spiro atoms. The van der Waals surface area contributed by atoms with Gasteiger partial charge in [0.25, 0.3) is 0 Å². The molecule has 56 heavy (non-hydrogen) atoms. The minimum Gasteiger partial charge on any atom is -0.870 e. The maximum absolute atomic E-state index is 13.3. The van der Waals surface area contributed by atoms with Crippen molar-refractivity contribution >= 4 is 89.3 Å². The number of cyclic esters (lactones) is 2. The Hall–Kier alpha value is -5.18. The number of amides is 2. The number of fused-ring (bicyclic) bond motifs is 2. The number of hydrogen-bond donors (Lipinski definition) is 1. The minimum absolute atomic E-state index is 0. The Morgan fingerprint density at radius 2 is 1.14 bits per heavy atom. The molecule has 0 saturated carbocycles. The van der Waals surface area contributed by atoms with Crippen LogP contribution in [-0.2, 0) is 14.2 Å². The van der Waals surface area contributed by atoms with Gasteiger partial charge in [-0.1, -0.05) is 0 Å². The van der Waals surface area contributed by atoms with Gasteiger partial charge in [-0.15, -0.1) is 0 Å². The molecule has 2 amide bonds. The smallest absolute Gasteiger partial charge is 0.870 e. The summed E-state index contributed by atoms with van der Waals surface area (Å²) in [5.74, 6) is -2.12. The molecule has 2 saturated heterocycles. The second kappa shape index (κ2) is 17.3. The first-order valence-electron chi connectivity index (χ1n) is 16.3. The summed E-state index contributed by atoms with van der Waals surface area (Å²) < 4.78 is 54.5. The Morgan fingerprint density at radius 3 is 1.52 bits per heavy atom. The molecule has 0 bridgehead atoms. The molecule has 0 unspecified atom stereocenters. The Balaban J connectivity index is 0.000000207. The molecule has 13 nitrogen and oxygen atoms in total. The van der Waals surface area contributed by atoms with Gasteiger partial charge in [0.15, 0.2) is 0 Å². The average molecular weight is 892 g/mol. The molecule has 2 aromatic heterocycles. The van der Waals surface area contributed by atoms with Crippen LogP contribution in [0.4, 0.5) is 29.7 Å². The third kappa shape index (κ3) is 8.04. The van der Waals surface area contributed by atoms with Crippen LogP contribution >= 0.6 is 31.9 Å². The standard InChI is InChI=1S/C20H15BrFNO5.C18H11BrFNO5.Li.H2O/c1-2-26-19(24)17-13-9-14(21)15(23-7-8-27-20(23)25)10-16(13)28-18(17)11-3-5-12(22)6-4-11;19-12-7-11-14(8-13(12)21-5-6-25-18(21)24)26-16(15(11)17(22)23)9-1-3-10(20)4-2-9;;/h3-6,9-10H,2,7-8H2,1H3;1-4,7-8H,5-6H2,(H,22,23);;1H2/q;;+1;/p-1. The van der Waals surface area contributed by atoms with Gasteiger partial charge in [-0.2, -0.15) is 0 Å². The Kier molecular flexibility index (Phi) is 13.0. The summed E-state index contributed by atoms with van der Waals surface area (Å²) in [6.07, 6.45) is -0.926. The van der Waals surface area contributed by atoms with E-state index in [1.54, 1.807) is 31.2 Å². The van der Waals surface area contributed by atoms with Gasteiger partial charge >= 0.3 is 43.0 Å². The zero-order valence-corrected chi connectivity index (χ0v) is 32.6. The van der Waals surface area contributed by atoms with E-state index in [0.717, 1.165) is 0 Å². The summed E-state index contributed by atoms with van der Waals surface area (Å²) >= 11 is 6.84. The van der Waals surface area contributed by atoms with Gasteiger partial charge in [-0.3, -0.25) is 9.80 Å². The quantitative estimate of drug-likeness (QED) is 0.104. The predicted molar refractivity (Wildman–Crippen MR) is 201 cm³/mol. The third-order valence-corrected chi connectivity index (χ3v) is 9.79. The van der Waals surface area contributed by atoms with Gasteiger partial charge < -0.3 is 33.6 Å². The van der Waals surface area contributed by atoms with Crippen LogP contribution in [0.5, 0.6) is 0 Å². The van der Waals surface area contributed by atoms with Crippen LogP contribution in [-0.4, -0.2) is 67.6 Å². The number of carbonyl (C=O) groups excluding carboxylic acids is 3. The molecule has 0 aliphatic carbocycles. The van der Waals surface area contributed by atoms with E-state index in [4.69, 9.17) is 23.0 Å². The fourth-order valence-electron chi connectivity index (χ4n) is 6.08. The maximum atomic E-state index is 13.3. The van der Waals surface area contributed by atoms with Gasteiger partial charge in [-0.25, -0.2) is 28.0 Å². The molecular formula is C38H27Br2F2LiN2O11. The SMILES string of the molecule is CCOC(=O)c1c(-c2ccc(F)cc2)oc2cc(N3CCOC3=O)c(Br)cc12.O=C(O)c1c(-c2ccc(F)cc2)oc2cc(N3CCOC3=O)c(Br)cc12.[Li+].[OH-]. The number of carbonyl (C=O) groups is 4. The Morgan fingerprint density at radius 1 is 0.732 bits per heavy atom. The van der Waals surface area contributed by atoms with Gasteiger partial charge in [0.1, 0.15) is 58.7 Å². The number of halogens is 4. The number of anilines is 2. The number of hydrogen-bond acceptors (Lipinski definition) is 10. The van der Waals surface area contributed by atoms with Crippen molar-refractivity contribution in [3.05, 3.63) is 105 Å². The van der Waals surface area contributed by atoms with E-state index in [9.17, 15) is 33.1 Å². The normalized spacial score (nSPS) is 13.4. The van der Waals surface area contributed by atoms with Crippen LogP contribution in [0.3, 0.4) is 0 Å². The number of ether oxygens (including phenoxy) is 3. The summed E-state index contributed by atoms with van der Waals surface area (Å²) in [5, 5.41) is 10.6. The van der Waals surface area contributed by atoms with E-state index in [1.807, 2.05) is 0 Å². The molecule has 2 N–H and O–H groups in total. The molecule has 4 heterocycles. The van der Waals surface area contributed by atoms with Crippen molar-refractivity contribution in [1.82, 2.24) is 0 Å².